The molecule has 0 saturated heterocycles. The number of esters is 1. The maximum atomic E-state index is 12.4. The van der Waals surface area contributed by atoms with Gasteiger partial charge >= 0.3 is 11.9 Å². The molecule has 0 radical (unpaired) electrons. The van der Waals surface area contributed by atoms with E-state index >= 15 is 0 Å². The van der Waals surface area contributed by atoms with Crippen molar-refractivity contribution in [3.63, 3.8) is 0 Å². The first-order valence-corrected chi connectivity index (χ1v) is 7.40. The molecule has 1 amide bonds. The highest BCUT2D eigenvalue weighted by Crippen LogP contribution is 2.29. The summed E-state index contributed by atoms with van der Waals surface area (Å²) in [6, 6.07) is 8.25. The fourth-order valence-corrected chi connectivity index (χ4v) is 2.22. The van der Waals surface area contributed by atoms with Crippen molar-refractivity contribution in [2.24, 2.45) is 0 Å². The molecule has 2 aromatic carbocycles. The molecule has 0 fully saturated rings. The van der Waals surface area contributed by atoms with Gasteiger partial charge in [0, 0.05) is 17.5 Å². The molecule has 25 heavy (non-hydrogen) atoms. The van der Waals surface area contributed by atoms with Crippen molar-refractivity contribution >= 4 is 35.1 Å². The second-order valence-corrected chi connectivity index (χ2v) is 5.34. The molecule has 2 N–H and O–H groups in total. The molecular weight excluding hydrogens is 350 g/mol. The van der Waals surface area contributed by atoms with Crippen molar-refractivity contribution < 1.29 is 29.0 Å². The first-order chi connectivity index (χ1) is 11.8. The molecule has 0 saturated carbocycles. The van der Waals surface area contributed by atoms with Gasteiger partial charge in [-0.2, -0.15) is 0 Å². The molecule has 8 heteroatoms. The number of carboxylic acid groups (broad SMARTS) is 1. The molecule has 0 aliphatic carbocycles. The zero-order valence-corrected chi connectivity index (χ0v) is 14.1. The fraction of sp³-hybridized carbons (Fsp3) is 0.118. The number of halogens is 1. The summed E-state index contributed by atoms with van der Waals surface area (Å²) in [6.07, 6.45) is 0. The summed E-state index contributed by atoms with van der Waals surface area (Å²) in [7, 11) is 1.36. The number of rotatable bonds is 5. The smallest absolute Gasteiger partial charge is 0.337 e. The highest BCUT2D eigenvalue weighted by Gasteiger charge is 2.16. The number of carbonyl (C=O) groups is 3. The third kappa shape index (κ3) is 4.48. The second kappa shape index (κ2) is 7.67. The summed E-state index contributed by atoms with van der Waals surface area (Å²) in [5, 5.41) is 12.0. The van der Waals surface area contributed by atoms with E-state index in [1.165, 1.54) is 50.4 Å². The number of anilines is 1. The van der Waals surface area contributed by atoms with Crippen LogP contribution in [0.1, 0.15) is 27.6 Å². The Balaban J connectivity index is 2.31. The quantitative estimate of drug-likeness (QED) is 0.624. The van der Waals surface area contributed by atoms with E-state index in [2.05, 4.69) is 5.32 Å². The third-order valence-corrected chi connectivity index (χ3v) is 3.37. The zero-order chi connectivity index (χ0) is 18.6. The van der Waals surface area contributed by atoms with Crippen molar-refractivity contribution in [3.05, 3.63) is 52.5 Å². The topological polar surface area (TPSA) is 102 Å². The summed E-state index contributed by atoms with van der Waals surface area (Å²) in [4.78, 5) is 34.7. The molecule has 2 rings (SSSR count). The van der Waals surface area contributed by atoms with Crippen molar-refractivity contribution in [2.45, 2.75) is 6.92 Å². The summed E-state index contributed by atoms with van der Waals surface area (Å²) in [5.74, 6) is -1.94. The minimum atomic E-state index is -1.20. The van der Waals surface area contributed by atoms with Gasteiger partial charge in [0.05, 0.1) is 18.4 Å². The summed E-state index contributed by atoms with van der Waals surface area (Å²) >= 11 is 5.86. The number of methoxy groups -OCH3 is 1. The molecule has 0 aliphatic heterocycles. The van der Waals surface area contributed by atoms with Crippen LogP contribution in [0.5, 0.6) is 11.5 Å². The number of carbonyl (C=O) groups excluding carboxylic acids is 2. The summed E-state index contributed by atoms with van der Waals surface area (Å²) in [6.45, 7) is 1.24. The van der Waals surface area contributed by atoms with E-state index in [-0.39, 0.29) is 33.3 Å². The molecule has 0 spiro atoms. The Labute approximate surface area is 148 Å². The Morgan fingerprint density at radius 1 is 1.08 bits per heavy atom. The number of amides is 1. The molecule has 0 unspecified atom stereocenters. The second-order valence-electron chi connectivity index (χ2n) is 4.91. The van der Waals surface area contributed by atoms with Crippen molar-refractivity contribution in [3.8, 4) is 11.5 Å². The predicted octanol–water partition coefficient (Wildman–Crippen LogP) is 3.22. The summed E-state index contributed by atoms with van der Waals surface area (Å²) < 4.78 is 10.1. The number of aromatic carboxylic acids is 1. The van der Waals surface area contributed by atoms with Crippen LogP contribution in [0.3, 0.4) is 0 Å². The van der Waals surface area contributed by atoms with Gasteiger partial charge in [-0.1, -0.05) is 11.6 Å². The minimum Gasteiger partial charge on any atom is -0.493 e. The van der Waals surface area contributed by atoms with Crippen molar-refractivity contribution in [1.29, 1.82) is 0 Å². The normalized spacial score (nSPS) is 10.0. The van der Waals surface area contributed by atoms with Gasteiger partial charge in [-0.25, -0.2) is 4.79 Å². The van der Waals surface area contributed by atoms with Crippen LogP contribution in [-0.4, -0.2) is 30.1 Å². The molecular formula is C17H14ClNO6. The van der Waals surface area contributed by atoms with Crippen molar-refractivity contribution in [2.75, 3.05) is 12.4 Å². The Hall–Kier alpha value is -3.06. The fourth-order valence-electron chi connectivity index (χ4n) is 2.05. The lowest BCUT2D eigenvalue weighted by atomic mass is 10.1. The average Bonchev–Trinajstić information content (AvgIpc) is 2.54. The Bertz CT molecular complexity index is 849. The zero-order valence-electron chi connectivity index (χ0n) is 13.3. The third-order valence-electron chi connectivity index (χ3n) is 3.14. The number of benzene rings is 2. The van der Waals surface area contributed by atoms with Gasteiger partial charge in [-0.05, 0) is 36.4 Å². The van der Waals surface area contributed by atoms with Gasteiger partial charge in [-0.3, -0.25) is 9.59 Å². The average molecular weight is 364 g/mol. The number of nitrogens with one attached hydrogen (secondary N) is 1. The van der Waals surface area contributed by atoms with E-state index in [0.29, 0.717) is 0 Å². The van der Waals surface area contributed by atoms with Crippen LogP contribution in [0, 0.1) is 0 Å². The molecule has 130 valence electrons. The lowest BCUT2D eigenvalue weighted by Gasteiger charge is -2.12. The van der Waals surface area contributed by atoms with Gasteiger partial charge in [-0.15, -0.1) is 0 Å². The number of hydrogen-bond donors (Lipinski definition) is 2. The van der Waals surface area contributed by atoms with Crippen molar-refractivity contribution in [1.82, 2.24) is 0 Å². The lowest BCUT2D eigenvalue weighted by Crippen LogP contribution is -2.15. The Morgan fingerprint density at radius 3 is 2.40 bits per heavy atom. The van der Waals surface area contributed by atoms with E-state index < -0.39 is 17.8 Å². The number of ether oxygens (including phenoxy) is 2. The molecule has 2 aromatic rings. The minimum absolute atomic E-state index is 0.0630. The SMILES string of the molecule is COc1cc(C(=O)Nc2cc(Cl)ccc2C(=O)O)ccc1OC(C)=O. The maximum absolute atomic E-state index is 12.4. The first kappa shape index (κ1) is 18.3. The van der Waals surface area contributed by atoms with Gasteiger partial charge in [0.25, 0.3) is 5.91 Å². The van der Waals surface area contributed by atoms with E-state index in [0.717, 1.165) is 0 Å². The monoisotopic (exact) mass is 363 g/mol. The highest BCUT2D eigenvalue weighted by molar-refractivity contribution is 6.31. The molecule has 0 aliphatic rings. The Morgan fingerprint density at radius 2 is 1.80 bits per heavy atom. The van der Waals surface area contributed by atoms with E-state index in [4.69, 9.17) is 21.1 Å². The largest absolute Gasteiger partial charge is 0.493 e. The van der Waals surface area contributed by atoms with E-state index in [1.807, 2.05) is 0 Å². The summed E-state index contributed by atoms with van der Waals surface area (Å²) in [5.41, 5.74) is 0.151. The van der Waals surface area contributed by atoms with Crippen LogP contribution in [0.15, 0.2) is 36.4 Å². The Kier molecular flexibility index (Phi) is 5.61. The first-order valence-electron chi connectivity index (χ1n) is 7.02. The van der Waals surface area contributed by atoms with Crippen LogP contribution < -0.4 is 14.8 Å². The van der Waals surface area contributed by atoms with Gasteiger partial charge in [0.15, 0.2) is 11.5 Å². The predicted molar refractivity (Wildman–Crippen MR) is 90.7 cm³/mol. The lowest BCUT2D eigenvalue weighted by molar-refractivity contribution is -0.132. The molecule has 0 aromatic heterocycles. The van der Waals surface area contributed by atoms with Crippen LogP contribution >= 0.6 is 11.6 Å². The number of carboxylic acids is 1. The molecule has 7 nitrogen and oxygen atoms in total. The maximum Gasteiger partial charge on any atom is 0.337 e. The molecule has 0 heterocycles. The highest BCUT2D eigenvalue weighted by atomic mass is 35.5. The molecule has 0 atom stereocenters. The van der Waals surface area contributed by atoms with E-state index in [1.54, 1.807) is 0 Å². The molecule has 0 bridgehead atoms. The van der Waals surface area contributed by atoms with Crippen LogP contribution in [0.25, 0.3) is 0 Å². The number of hydrogen-bond acceptors (Lipinski definition) is 5. The van der Waals surface area contributed by atoms with Gasteiger partial charge in [0.2, 0.25) is 0 Å². The van der Waals surface area contributed by atoms with Crippen LogP contribution in [0.4, 0.5) is 5.69 Å². The van der Waals surface area contributed by atoms with Gasteiger partial charge in [0.1, 0.15) is 0 Å². The van der Waals surface area contributed by atoms with Gasteiger partial charge < -0.3 is 19.9 Å². The van der Waals surface area contributed by atoms with Crippen LogP contribution in [-0.2, 0) is 4.79 Å². The van der Waals surface area contributed by atoms with E-state index in [9.17, 15) is 19.5 Å². The van der Waals surface area contributed by atoms with Crippen LogP contribution in [0.2, 0.25) is 5.02 Å². The standard InChI is InChI=1S/C17H14ClNO6/c1-9(20)25-14-6-3-10(7-15(14)24-2)16(21)19-13-8-11(18)4-5-12(13)17(22)23/h3-8H,1-2H3,(H,19,21)(H,22,23).